The number of hydrogen-bond acceptors (Lipinski definition) is 3. The highest BCUT2D eigenvalue weighted by atomic mass is 19.1. The van der Waals surface area contributed by atoms with Crippen molar-refractivity contribution in [3.8, 4) is 5.75 Å². The van der Waals surface area contributed by atoms with Gasteiger partial charge in [-0.3, -0.25) is 9.69 Å². The Labute approximate surface area is 207 Å². The summed E-state index contributed by atoms with van der Waals surface area (Å²) in [4.78, 5) is 18.0. The Morgan fingerprint density at radius 1 is 1.00 bits per heavy atom. The first-order valence-electron chi connectivity index (χ1n) is 12.9. The zero-order chi connectivity index (χ0) is 24.4. The van der Waals surface area contributed by atoms with Crippen LogP contribution >= 0.6 is 0 Å². The largest absolute Gasteiger partial charge is 0.491 e. The van der Waals surface area contributed by atoms with Gasteiger partial charge >= 0.3 is 0 Å². The molecular formula is C29H36FN3O2. The van der Waals surface area contributed by atoms with Crippen molar-refractivity contribution in [1.82, 2.24) is 14.4 Å². The van der Waals surface area contributed by atoms with E-state index in [-0.39, 0.29) is 17.1 Å². The van der Waals surface area contributed by atoms with Crippen LogP contribution in [0.1, 0.15) is 43.2 Å². The fourth-order valence-corrected chi connectivity index (χ4v) is 5.95. The van der Waals surface area contributed by atoms with Crippen LogP contribution in [0.5, 0.6) is 5.75 Å². The molecule has 1 saturated heterocycles. The second kappa shape index (κ2) is 10.0. The number of carbonyl (C=O) groups excluding carboxylic acids is 1. The van der Waals surface area contributed by atoms with E-state index in [1.165, 1.54) is 11.1 Å². The van der Waals surface area contributed by atoms with Crippen LogP contribution in [0.25, 0.3) is 10.9 Å². The highest BCUT2D eigenvalue weighted by Crippen LogP contribution is 2.39. The molecule has 0 atom stereocenters. The number of amides is 1. The molecule has 6 heteroatoms. The quantitative estimate of drug-likeness (QED) is 0.512. The molecule has 3 aromatic rings. The van der Waals surface area contributed by atoms with Crippen molar-refractivity contribution >= 4 is 16.8 Å². The van der Waals surface area contributed by atoms with Crippen LogP contribution in [0.3, 0.4) is 0 Å². The smallest absolute Gasteiger partial charge is 0.228 e. The molecular weight excluding hydrogens is 441 g/mol. The van der Waals surface area contributed by atoms with E-state index in [2.05, 4.69) is 23.2 Å². The van der Waals surface area contributed by atoms with Crippen molar-refractivity contribution in [2.75, 3.05) is 33.3 Å². The van der Waals surface area contributed by atoms with Gasteiger partial charge in [-0.25, -0.2) is 4.39 Å². The number of aryl methyl sites for hydroxylation is 2. The fourth-order valence-electron chi connectivity index (χ4n) is 5.95. The van der Waals surface area contributed by atoms with Crippen LogP contribution in [-0.4, -0.2) is 53.6 Å². The zero-order valence-electron chi connectivity index (χ0n) is 20.9. The molecule has 5 rings (SSSR count). The lowest BCUT2D eigenvalue weighted by Crippen LogP contribution is -2.50. The van der Waals surface area contributed by atoms with Gasteiger partial charge in [-0.15, -0.1) is 0 Å². The topological polar surface area (TPSA) is 37.7 Å². The fraction of sp³-hybridized carbons (Fsp3) is 0.483. The van der Waals surface area contributed by atoms with Gasteiger partial charge in [0.25, 0.3) is 0 Å². The number of benzene rings is 2. The third-order valence-corrected chi connectivity index (χ3v) is 8.05. The number of hydrogen-bond donors (Lipinski definition) is 0. The minimum atomic E-state index is -0.286. The Bertz CT molecular complexity index is 1200. The number of piperidine rings is 1. The molecule has 1 fully saturated rings. The van der Waals surface area contributed by atoms with Gasteiger partial charge in [0.2, 0.25) is 5.91 Å². The van der Waals surface area contributed by atoms with Crippen molar-refractivity contribution in [2.45, 2.75) is 45.1 Å². The minimum Gasteiger partial charge on any atom is -0.491 e. The van der Waals surface area contributed by atoms with Gasteiger partial charge < -0.3 is 14.2 Å². The molecule has 0 aliphatic carbocycles. The van der Waals surface area contributed by atoms with Gasteiger partial charge in [-0.1, -0.05) is 24.6 Å². The summed E-state index contributed by atoms with van der Waals surface area (Å²) in [5.74, 6) is 1.02. The normalized spacial score (nSPS) is 19.7. The van der Waals surface area contributed by atoms with Crippen LogP contribution in [0.2, 0.25) is 0 Å². The monoisotopic (exact) mass is 477 g/mol. The van der Waals surface area contributed by atoms with Gasteiger partial charge in [0.05, 0.1) is 17.5 Å². The third-order valence-electron chi connectivity index (χ3n) is 8.05. The van der Waals surface area contributed by atoms with E-state index in [4.69, 9.17) is 4.74 Å². The molecule has 1 spiro atoms. The molecule has 0 radical (unpaired) electrons. The number of fused-ring (bicyclic) bond motifs is 2. The van der Waals surface area contributed by atoms with Gasteiger partial charge in [0.15, 0.2) is 0 Å². The van der Waals surface area contributed by atoms with E-state index in [1.54, 1.807) is 12.1 Å². The number of halogens is 1. The Kier molecular flexibility index (Phi) is 6.83. The molecule has 0 bridgehead atoms. The summed E-state index contributed by atoms with van der Waals surface area (Å²) in [5, 5.41) is 1.11. The Hall–Kier alpha value is -2.86. The van der Waals surface area contributed by atoms with Crippen LogP contribution in [0, 0.1) is 11.2 Å². The molecule has 2 aliphatic heterocycles. The Morgan fingerprint density at radius 3 is 2.63 bits per heavy atom. The number of aromatic nitrogens is 1. The lowest BCUT2D eigenvalue weighted by molar-refractivity contribution is -0.145. The maximum Gasteiger partial charge on any atom is 0.228 e. The van der Waals surface area contributed by atoms with E-state index in [0.717, 1.165) is 74.8 Å². The molecule has 186 valence electrons. The lowest BCUT2D eigenvalue weighted by atomic mass is 9.73. The van der Waals surface area contributed by atoms with Crippen molar-refractivity contribution in [3.05, 3.63) is 65.6 Å². The van der Waals surface area contributed by atoms with E-state index >= 15 is 0 Å². The van der Waals surface area contributed by atoms with E-state index in [1.807, 2.05) is 41.8 Å². The zero-order valence-corrected chi connectivity index (χ0v) is 20.9. The Balaban J connectivity index is 1.28. The molecule has 2 aliphatic rings. The number of likely N-dealkylation sites (tertiary alicyclic amines) is 1. The first-order valence-corrected chi connectivity index (χ1v) is 12.9. The van der Waals surface area contributed by atoms with Gasteiger partial charge in [0, 0.05) is 32.2 Å². The molecule has 5 nitrogen and oxygen atoms in total. The van der Waals surface area contributed by atoms with Crippen molar-refractivity contribution in [3.63, 3.8) is 0 Å². The molecule has 0 N–H and O–H groups in total. The number of ether oxygens (including phenoxy) is 1. The summed E-state index contributed by atoms with van der Waals surface area (Å²) in [5.41, 5.74) is 3.12. The number of para-hydroxylation sites is 1. The van der Waals surface area contributed by atoms with Crippen LogP contribution in [-0.2, 0) is 24.8 Å². The average Bonchev–Trinajstić information content (AvgIpc) is 3.16. The summed E-state index contributed by atoms with van der Waals surface area (Å²) in [6, 6.07) is 13.3. The number of nitrogens with zero attached hydrogens (tertiary/aromatic N) is 3. The SMILES string of the molecule is CN1CCOc2ccccc2CCCCC2(CCN(Cc3cn(C)c4cc(F)ccc34)CC2)C1=O. The van der Waals surface area contributed by atoms with Crippen LogP contribution in [0.15, 0.2) is 48.7 Å². The number of likely N-dealkylation sites (N-methyl/N-ethyl adjacent to an activating group) is 1. The molecule has 0 unspecified atom stereocenters. The molecule has 1 aromatic heterocycles. The second-order valence-corrected chi connectivity index (χ2v) is 10.4. The van der Waals surface area contributed by atoms with Gasteiger partial charge in [-0.2, -0.15) is 0 Å². The summed E-state index contributed by atoms with van der Waals surface area (Å²) in [6.07, 6.45) is 7.92. The molecule has 0 saturated carbocycles. The summed E-state index contributed by atoms with van der Waals surface area (Å²) in [6.45, 7) is 3.75. The lowest BCUT2D eigenvalue weighted by Gasteiger charge is -2.43. The van der Waals surface area contributed by atoms with E-state index in [0.29, 0.717) is 13.2 Å². The van der Waals surface area contributed by atoms with Crippen molar-refractivity contribution in [2.24, 2.45) is 12.5 Å². The first kappa shape index (κ1) is 23.9. The van der Waals surface area contributed by atoms with Crippen LogP contribution in [0.4, 0.5) is 4.39 Å². The highest BCUT2D eigenvalue weighted by Gasteiger charge is 2.42. The van der Waals surface area contributed by atoms with E-state index in [9.17, 15) is 9.18 Å². The van der Waals surface area contributed by atoms with E-state index < -0.39 is 0 Å². The average molecular weight is 478 g/mol. The summed E-state index contributed by atoms with van der Waals surface area (Å²) < 4.78 is 21.8. The van der Waals surface area contributed by atoms with Gasteiger partial charge in [0.1, 0.15) is 18.2 Å². The van der Waals surface area contributed by atoms with Crippen molar-refractivity contribution in [1.29, 1.82) is 0 Å². The third kappa shape index (κ3) is 4.94. The van der Waals surface area contributed by atoms with Crippen molar-refractivity contribution < 1.29 is 13.9 Å². The number of carbonyl (C=O) groups is 1. The maximum absolute atomic E-state index is 13.7. The standard InChI is InChI=1S/C29H36FN3O2/c1-31-17-18-35-27-9-4-3-7-22(27)8-5-6-12-29(28(31)34)13-15-33(16-14-29)21-23-20-32(2)26-19-24(30)10-11-25(23)26/h3-4,7,9-11,19-20H,5-6,8,12-18,21H2,1-2H3. The predicted octanol–water partition coefficient (Wildman–Crippen LogP) is 5.16. The molecule has 3 heterocycles. The van der Waals surface area contributed by atoms with Crippen LogP contribution < -0.4 is 4.74 Å². The number of rotatable bonds is 2. The van der Waals surface area contributed by atoms with Gasteiger partial charge in [-0.05, 0) is 80.6 Å². The maximum atomic E-state index is 13.7. The summed E-state index contributed by atoms with van der Waals surface area (Å²) in [7, 11) is 3.89. The summed E-state index contributed by atoms with van der Waals surface area (Å²) >= 11 is 0. The first-order chi connectivity index (χ1) is 16.9. The highest BCUT2D eigenvalue weighted by molar-refractivity contribution is 5.84. The second-order valence-electron chi connectivity index (χ2n) is 10.4. The predicted molar refractivity (Wildman–Crippen MR) is 137 cm³/mol. The Morgan fingerprint density at radius 2 is 1.80 bits per heavy atom. The molecule has 35 heavy (non-hydrogen) atoms. The molecule has 2 aromatic carbocycles. The minimum absolute atomic E-state index is 0.204. The molecule has 1 amide bonds.